The van der Waals surface area contributed by atoms with Crippen molar-refractivity contribution in [2.45, 2.75) is 32.2 Å². The van der Waals surface area contributed by atoms with Gasteiger partial charge in [0.1, 0.15) is 0 Å². The zero-order chi connectivity index (χ0) is 11.8. The van der Waals surface area contributed by atoms with Crippen LogP contribution in [0.3, 0.4) is 0 Å². The van der Waals surface area contributed by atoms with E-state index in [0.717, 1.165) is 13.1 Å². The van der Waals surface area contributed by atoms with Crippen LogP contribution in [-0.2, 0) is 6.42 Å². The molecule has 16 heavy (non-hydrogen) atoms. The molecule has 1 unspecified atom stereocenters. The van der Waals surface area contributed by atoms with E-state index in [1.165, 1.54) is 24.1 Å². The summed E-state index contributed by atoms with van der Waals surface area (Å²) in [7, 11) is 4.28. The fourth-order valence-corrected chi connectivity index (χ4v) is 2.50. The monoisotopic (exact) mass is 240 g/mol. The topological polar surface area (TPSA) is 15.3 Å². The van der Waals surface area contributed by atoms with E-state index in [9.17, 15) is 0 Å². The summed E-state index contributed by atoms with van der Waals surface area (Å²) in [5.41, 5.74) is 0. The van der Waals surface area contributed by atoms with Crippen molar-refractivity contribution >= 4 is 11.3 Å². The van der Waals surface area contributed by atoms with Crippen molar-refractivity contribution in [2.24, 2.45) is 0 Å². The average Bonchev–Trinajstić information content (AvgIpc) is 2.74. The summed E-state index contributed by atoms with van der Waals surface area (Å²) in [5, 5.41) is 5.81. The molecule has 0 bridgehead atoms. The van der Waals surface area contributed by atoms with Gasteiger partial charge in [-0.3, -0.25) is 0 Å². The summed E-state index contributed by atoms with van der Waals surface area (Å²) in [4.78, 5) is 3.75. The first-order valence-corrected chi connectivity index (χ1v) is 7.00. The van der Waals surface area contributed by atoms with E-state index in [4.69, 9.17) is 0 Å². The predicted molar refractivity (Wildman–Crippen MR) is 73.3 cm³/mol. The number of thiophene rings is 1. The Hall–Kier alpha value is -0.380. The molecular weight excluding hydrogens is 216 g/mol. The Bertz CT molecular complexity index is 257. The summed E-state index contributed by atoms with van der Waals surface area (Å²) >= 11 is 1.87. The first-order valence-electron chi connectivity index (χ1n) is 6.13. The normalized spacial score (nSPS) is 13.2. The number of nitrogens with zero attached hydrogens (tertiary/aromatic N) is 1. The molecule has 2 nitrogen and oxygen atoms in total. The molecule has 0 aliphatic carbocycles. The van der Waals surface area contributed by atoms with Crippen LogP contribution in [0.4, 0.5) is 0 Å². The minimum Gasteiger partial charge on any atom is -0.314 e. The summed E-state index contributed by atoms with van der Waals surface area (Å²) in [5.74, 6) is 0. The van der Waals surface area contributed by atoms with E-state index in [1.807, 2.05) is 11.3 Å². The summed E-state index contributed by atoms with van der Waals surface area (Å²) in [6.45, 7) is 4.51. The molecule has 0 aliphatic rings. The highest BCUT2D eigenvalue weighted by Crippen LogP contribution is 2.12. The van der Waals surface area contributed by atoms with Gasteiger partial charge >= 0.3 is 0 Å². The zero-order valence-corrected chi connectivity index (χ0v) is 11.5. The zero-order valence-electron chi connectivity index (χ0n) is 10.7. The van der Waals surface area contributed by atoms with Crippen LogP contribution in [0, 0.1) is 0 Å². The highest BCUT2D eigenvalue weighted by atomic mass is 32.1. The molecule has 1 N–H and O–H groups in total. The van der Waals surface area contributed by atoms with E-state index < -0.39 is 0 Å². The molecule has 0 aromatic carbocycles. The molecule has 0 spiro atoms. The fourth-order valence-electron chi connectivity index (χ4n) is 1.71. The van der Waals surface area contributed by atoms with E-state index in [2.05, 4.69) is 48.7 Å². The van der Waals surface area contributed by atoms with E-state index >= 15 is 0 Å². The van der Waals surface area contributed by atoms with Gasteiger partial charge in [0.05, 0.1) is 0 Å². The summed E-state index contributed by atoms with van der Waals surface area (Å²) in [6, 6.07) is 5.00. The molecule has 1 rings (SSSR count). The standard InChI is InChI=1S/C13H24N2S/c1-4-8-14-12(7-9-15(2)3)11-13-6-5-10-16-13/h5-6,10,12,14H,4,7-9,11H2,1-3H3. The third kappa shape index (κ3) is 5.64. The van der Waals surface area contributed by atoms with Crippen molar-refractivity contribution in [3.05, 3.63) is 22.4 Å². The maximum atomic E-state index is 3.64. The lowest BCUT2D eigenvalue weighted by Gasteiger charge is -2.20. The maximum absolute atomic E-state index is 3.64. The molecule has 92 valence electrons. The van der Waals surface area contributed by atoms with Gasteiger partial charge in [-0.15, -0.1) is 11.3 Å². The summed E-state index contributed by atoms with van der Waals surface area (Å²) in [6.07, 6.45) is 3.61. The van der Waals surface area contributed by atoms with Crippen molar-refractivity contribution in [3.63, 3.8) is 0 Å². The van der Waals surface area contributed by atoms with E-state index in [1.54, 1.807) is 0 Å². The number of nitrogens with one attached hydrogen (secondary N) is 1. The molecule has 1 aromatic rings. The van der Waals surface area contributed by atoms with Crippen LogP contribution in [-0.4, -0.2) is 38.1 Å². The largest absolute Gasteiger partial charge is 0.314 e. The number of hydrogen-bond acceptors (Lipinski definition) is 3. The molecule has 0 fully saturated rings. The Labute approximate surface area is 104 Å². The molecule has 1 aromatic heterocycles. The Morgan fingerprint density at radius 3 is 2.81 bits per heavy atom. The first kappa shape index (κ1) is 13.7. The van der Waals surface area contributed by atoms with E-state index in [0.29, 0.717) is 6.04 Å². The van der Waals surface area contributed by atoms with Gasteiger partial charge in [0.15, 0.2) is 0 Å². The van der Waals surface area contributed by atoms with E-state index in [-0.39, 0.29) is 0 Å². The third-order valence-corrected chi connectivity index (χ3v) is 3.53. The van der Waals surface area contributed by atoms with Crippen LogP contribution in [0.5, 0.6) is 0 Å². The van der Waals surface area contributed by atoms with Crippen LogP contribution in [0.1, 0.15) is 24.6 Å². The first-order chi connectivity index (χ1) is 7.72. The second-order valence-electron chi connectivity index (χ2n) is 4.53. The van der Waals surface area contributed by atoms with Crippen molar-refractivity contribution in [2.75, 3.05) is 27.2 Å². The second-order valence-corrected chi connectivity index (χ2v) is 5.56. The van der Waals surface area contributed by atoms with Gasteiger partial charge < -0.3 is 10.2 Å². The van der Waals surface area contributed by atoms with Gasteiger partial charge in [-0.2, -0.15) is 0 Å². The van der Waals surface area contributed by atoms with Gasteiger partial charge in [-0.05, 0) is 57.9 Å². The van der Waals surface area contributed by atoms with Gasteiger partial charge in [0.2, 0.25) is 0 Å². The fraction of sp³-hybridized carbons (Fsp3) is 0.692. The lowest BCUT2D eigenvalue weighted by Crippen LogP contribution is -2.34. The Kier molecular flexibility index (Phi) is 6.69. The molecule has 1 heterocycles. The summed E-state index contributed by atoms with van der Waals surface area (Å²) < 4.78 is 0. The van der Waals surface area contributed by atoms with Gasteiger partial charge in [0, 0.05) is 10.9 Å². The minimum absolute atomic E-state index is 0.626. The van der Waals surface area contributed by atoms with Crippen molar-refractivity contribution in [1.29, 1.82) is 0 Å². The molecule has 0 aliphatic heterocycles. The lowest BCUT2D eigenvalue weighted by atomic mass is 10.1. The van der Waals surface area contributed by atoms with Crippen LogP contribution in [0.15, 0.2) is 17.5 Å². The molecule has 0 saturated heterocycles. The van der Waals surface area contributed by atoms with Crippen LogP contribution in [0.2, 0.25) is 0 Å². The van der Waals surface area contributed by atoms with Crippen LogP contribution < -0.4 is 5.32 Å². The molecule has 1 atom stereocenters. The molecular formula is C13H24N2S. The van der Waals surface area contributed by atoms with Gasteiger partial charge in [0.25, 0.3) is 0 Å². The quantitative estimate of drug-likeness (QED) is 0.751. The highest BCUT2D eigenvalue weighted by molar-refractivity contribution is 7.09. The molecule has 0 radical (unpaired) electrons. The average molecular weight is 240 g/mol. The van der Waals surface area contributed by atoms with Crippen molar-refractivity contribution in [1.82, 2.24) is 10.2 Å². The lowest BCUT2D eigenvalue weighted by molar-refractivity contribution is 0.357. The van der Waals surface area contributed by atoms with Crippen molar-refractivity contribution in [3.8, 4) is 0 Å². The Balaban J connectivity index is 2.36. The van der Waals surface area contributed by atoms with Crippen LogP contribution >= 0.6 is 11.3 Å². The third-order valence-electron chi connectivity index (χ3n) is 2.64. The molecule has 0 saturated carbocycles. The number of hydrogen-bond donors (Lipinski definition) is 1. The highest BCUT2D eigenvalue weighted by Gasteiger charge is 2.09. The number of rotatable bonds is 8. The Morgan fingerprint density at radius 1 is 1.44 bits per heavy atom. The molecule has 0 amide bonds. The minimum atomic E-state index is 0.626. The maximum Gasteiger partial charge on any atom is 0.0127 e. The van der Waals surface area contributed by atoms with Crippen LogP contribution in [0.25, 0.3) is 0 Å². The predicted octanol–water partition coefficient (Wildman–Crippen LogP) is 2.61. The second kappa shape index (κ2) is 7.82. The SMILES string of the molecule is CCCNC(CCN(C)C)Cc1cccs1. The van der Waals surface area contributed by atoms with Crippen molar-refractivity contribution < 1.29 is 0 Å². The Morgan fingerprint density at radius 2 is 2.25 bits per heavy atom. The van der Waals surface area contributed by atoms with Gasteiger partial charge in [-0.25, -0.2) is 0 Å². The van der Waals surface area contributed by atoms with Gasteiger partial charge in [-0.1, -0.05) is 13.0 Å². The smallest absolute Gasteiger partial charge is 0.0127 e. The molecule has 3 heteroatoms.